The SMILES string of the molecule is O=C(COCC1CCCO1)N(Cc1ccccc1)Cc1ccccc1. The molecular formula is C21H25NO3. The van der Waals surface area contributed by atoms with Crippen LogP contribution < -0.4 is 0 Å². The molecule has 1 amide bonds. The summed E-state index contributed by atoms with van der Waals surface area (Å²) < 4.78 is 11.2. The number of ether oxygens (including phenoxy) is 2. The maximum absolute atomic E-state index is 12.7. The van der Waals surface area contributed by atoms with Crippen LogP contribution in [-0.4, -0.2) is 36.7 Å². The summed E-state index contributed by atoms with van der Waals surface area (Å²) in [5.41, 5.74) is 2.23. The third kappa shape index (κ3) is 5.69. The summed E-state index contributed by atoms with van der Waals surface area (Å²) >= 11 is 0. The van der Waals surface area contributed by atoms with Crippen molar-refractivity contribution in [3.8, 4) is 0 Å². The van der Waals surface area contributed by atoms with E-state index in [1.54, 1.807) is 0 Å². The lowest BCUT2D eigenvalue weighted by Crippen LogP contribution is -2.34. The number of carbonyl (C=O) groups excluding carboxylic acids is 1. The molecule has 0 radical (unpaired) electrons. The van der Waals surface area contributed by atoms with Crippen molar-refractivity contribution >= 4 is 5.91 Å². The highest BCUT2D eigenvalue weighted by Gasteiger charge is 2.18. The fourth-order valence-corrected chi connectivity index (χ4v) is 2.98. The highest BCUT2D eigenvalue weighted by molar-refractivity contribution is 5.77. The van der Waals surface area contributed by atoms with Gasteiger partial charge in [-0.25, -0.2) is 0 Å². The van der Waals surface area contributed by atoms with Gasteiger partial charge in [-0.3, -0.25) is 4.79 Å². The van der Waals surface area contributed by atoms with Crippen molar-refractivity contribution in [1.82, 2.24) is 4.90 Å². The molecule has 4 heteroatoms. The Morgan fingerprint density at radius 3 is 2.12 bits per heavy atom. The summed E-state index contributed by atoms with van der Waals surface area (Å²) in [7, 11) is 0. The number of amides is 1. The van der Waals surface area contributed by atoms with Crippen LogP contribution in [0.15, 0.2) is 60.7 Å². The van der Waals surface area contributed by atoms with Crippen LogP contribution in [-0.2, 0) is 27.4 Å². The summed E-state index contributed by atoms with van der Waals surface area (Å²) in [6.07, 6.45) is 2.24. The molecule has 0 aromatic heterocycles. The van der Waals surface area contributed by atoms with Crippen molar-refractivity contribution < 1.29 is 14.3 Å². The van der Waals surface area contributed by atoms with Crippen molar-refractivity contribution in [2.45, 2.75) is 32.0 Å². The molecule has 1 heterocycles. The molecule has 1 saturated heterocycles. The zero-order valence-electron chi connectivity index (χ0n) is 14.5. The van der Waals surface area contributed by atoms with Gasteiger partial charge in [-0.1, -0.05) is 60.7 Å². The highest BCUT2D eigenvalue weighted by Crippen LogP contribution is 2.13. The van der Waals surface area contributed by atoms with Gasteiger partial charge in [0.15, 0.2) is 0 Å². The topological polar surface area (TPSA) is 38.8 Å². The van der Waals surface area contributed by atoms with E-state index in [1.165, 1.54) is 0 Å². The van der Waals surface area contributed by atoms with E-state index in [-0.39, 0.29) is 18.6 Å². The first-order valence-corrected chi connectivity index (χ1v) is 8.86. The molecule has 3 rings (SSSR count). The molecule has 2 aromatic rings. The molecule has 132 valence electrons. The average molecular weight is 339 g/mol. The van der Waals surface area contributed by atoms with E-state index in [9.17, 15) is 4.79 Å². The Hall–Kier alpha value is -2.17. The van der Waals surface area contributed by atoms with Gasteiger partial charge in [-0.15, -0.1) is 0 Å². The molecule has 2 aromatic carbocycles. The quantitative estimate of drug-likeness (QED) is 0.740. The molecule has 0 saturated carbocycles. The van der Waals surface area contributed by atoms with Crippen LogP contribution in [0.25, 0.3) is 0 Å². The van der Waals surface area contributed by atoms with Gasteiger partial charge in [-0.05, 0) is 24.0 Å². The summed E-state index contributed by atoms with van der Waals surface area (Å²) in [5.74, 6) is 0.00528. The number of carbonyl (C=O) groups is 1. The number of rotatable bonds is 8. The smallest absolute Gasteiger partial charge is 0.249 e. The van der Waals surface area contributed by atoms with Crippen LogP contribution in [0.2, 0.25) is 0 Å². The second kappa shape index (κ2) is 9.35. The molecule has 1 unspecified atom stereocenters. The van der Waals surface area contributed by atoms with E-state index < -0.39 is 0 Å². The van der Waals surface area contributed by atoms with Crippen molar-refractivity contribution in [3.63, 3.8) is 0 Å². The Bertz CT molecular complexity index is 597. The van der Waals surface area contributed by atoms with Gasteiger partial charge in [0, 0.05) is 19.7 Å². The van der Waals surface area contributed by atoms with Gasteiger partial charge in [0.05, 0.1) is 12.7 Å². The van der Waals surface area contributed by atoms with Crippen molar-refractivity contribution in [1.29, 1.82) is 0 Å². The number of benzene rings is 2. The Balaban J connectivity index is 1.58. The number of nitrogens with zero attached hydrogens (tertiary/aromatic N) is 1. The fourth-order valence-electron chi connectivity index (χ4n) is 2.98. The Morgan fingerprint density at radius 1 is 1.00 bits per heavy atom. The molecule has 1 aliphatic rings. The third-order valence-corrected chi connectivity index (χ3v) is 4.34. The highest BCUT2D eigenvalue weighted by atomic mass is 16.5. The largest absolute Gasteiger partial charge is 0.376 e. The summed E-state index contributed by atoms with van der Waals surface area (Å²) in [4.78, 5) is 14.5. The van der Waals surface area contributed by atoms with E-state index in [4.69, 9.17) is 9.47 Å². The standard InChI is InChI=1S/C21H25NO3/c23-21(17-24-16-20-12-7-13-25-20)22(14-18-8-3-1-4-9-18)15-19-10-5-2-6-11-19/h1-6,8-11,20H,7,12-17H2. The first-order chi connectivity index (χ1) is 12.3. The molecule has 1 atom stereocenters. The molecule has 0 aliphatic carbocycles. The van der Waals surface area contributed by atoms with Gasteiger partial charge in [0.1, 0.15) is 6.61 Å². The van der Waals surface area contributed by atoms with Gasteiger partial charge >= 0.3 is 0 Å². The van der Waals surface area contributed by atoms with Gasteiger partial charge in [0.25, 0.3) is 0 Å². The van der Waals surface area contributed by atoms with Crippen LogP contribution in [0, 0.1) is 0 Å². The monoisotopic (exact) mass is 339 g/mol. The molecule has 25 heavy (non-hydrogen) atoms. The fraction of sp³-hybridized carbons (Fsp3) is 0.381. The summed E-state index contributed by atoms with van der Waals surface area (Å²) in [6.45, 7) is 2.56. The lowest BCUT2D eigenvalue weighted by atomic mass is 10.1. The number of hydrogen-bond acceptors (Lipinski definition) is 3. The minimum atomic E-state index is 0.00528. The van der Waals surface area contributed by atoms with E-state index in [2.05, 4.69) is 0 Å². The molecule has 1 fully saturated rings. The van der Waals surface area contributed by atoms with E-state index >= 15 is 0 Å². The molecule has 4 nitrogen and oxygen atoms in total. The zero-order valence-corrected chi connectivity index (χ0v) is 14.5. The minimum Gasteiger partial charge on any atom is -0.376 e. The maximum atomic E-state index is 12.7. The first-order valence-electron chi connectivity index (χ1n) is 8.86. The van der Waals surface area contributed by atoms with Gasteiger partial charge in [-0.2, -0.15) is 0 Å². The van der Waals surface area contributed by atoms with E-state index in [1.807, 2.05) is 65.6 Å². The number of hydrogen-bond donors (Lipinski definition) is 0. The maximum Gasteiger partial charge on any atom is 0.249 e. The normalized spacial score (nSPS) is 16.7. The predicted molar refractivity (Wildman–Crippen MR) is 96.9 cm³/mol. The lowest BCUT2D eigenvalue weighted by Gasteiger charge is -2.23. The predicted octanol–water partition coefficient (Wildman–Crippen LogP) is 3.41. The molecule has 1 aliphatic heterocycles. The Morgan fingerprint density at radius 2 is 1.60 bits per heavy atom. The van der Waals surface area contributed by atoms with Crippen molar-refractivity contribution in [2.24, 2.45) is 0 Å². The van der Waals surface area contributed by atoms with Gasteiger partial charge in [0.2, 0.25) is 5.91 Å². The zero-order chi connectivity index (χ0) is 17.3. The van der Waals surface area contributed by atoms with Crippen LogP contribution in [0.5, 0.6) is 0 Å². The van der Waals surface area contributed by atoms with Gasteiger partial charge < -0.3 is 14.4 Å². The third-order valence-electron chi connectivity index (χ3n) is 4.34. The minimum absolute atomic E-state index is 0.00528. The van der Waals surface area contributed by atoms with Crippen molar-refractivity contribution in [3.05, 3.63) is 71.8 Å². The van der Waals surface area contributed by atoms with Crippen molar-refractivity contribution in [2.75, 3.05) is 19.8 Å². The summed E-state index contributed by atoms with van der Waals surface area (Å²) in [6, 6.07) is 20.1. The van der Waals surface area contributed by atoms with E-state index in [0.29, 0.717) is 19.7 Å². The average Bonchev–Trinajstić information content (AvgIpc) is 3.16. The first kappa shape index (κ1) is 17.6. The second-order valence-electron chi connectivity index (χ2n) is 6.37. The van der Waals surface area contributed by atoms with Crippen LogP contribution in [0.1, 0.15) is 24.0 Å². The van der Waals surface area contributed by atoms with Crippen LogP contribution in [0.4, 0.5) is 0 Å². The molecule has 0 bridgehead atoms. The summed E-state index contributed by atoms with van der Waals surface area (Å²) in [5, 5.41) is 0. The van der Waals surface area contributed by atoms with E-state index in [0.717, 1.165) is 30.6 Å². The molecule has 0 spiro atoms. The second-order valence-corrected chi connectivity index (χ2v) is 6.37. The van der Waals surface area contributed by atoms with Crippen LogP contribution >= 0.6 is 0 Å². The Kier molecular flexibility index (Phi) is 6.60. The van der Waals surface area contributed by atoms with Crippen LogP contribution in [0.3, 0.4) is 0 Å². The molecule has 0 N–H and O–H groups in total. The Labute approximate surface area is 149 Å². The lowest BCUT2D eigenvalue weighted by molar-refractivity contribution is -0.138. The molecular weight excluding hydrogens is 314 g/mol.